The number of benzene rings is 1. The highest BCUT2D eigenvalue weighted by atomic mass is 79.9. The van der Waals surface area contributed by atoms with E-state index in [1.165, 1.54) is 21.2 Å². The number of nitrogens with two attached hydrogens (primary N) is 1. The Kier molecular flexibility index (Phi) is 2.20. The Morgan fingerprint density at radius 2 is 1.77 bits per heavy atom. The molecule has 0 amide bonds. The van der Waals surface area contributed by atoms with E-state index in [-0.39, 0.29) is 0 Å². The molecule has 2 N–H and O–H groups in total. The van der Waals surface area contributed by atoms with Gasteiger partial charge in [-0.1, -0.05) is 28.1 Å². The molecule has 1 aromatic carbocycles. The van der Waals surface area contributed by atoms with E-state index in [0.717, 1.165) is 6.42 Å². The zero-order valence-corrected chi connectivity index (χ0v) is 9.56. The zero-order chi connectivity index (χ0) is 9.59. The summed E-state index contributed by atoms with van der Waals surface area (Å²) in [6, 6.07) is 4.89. The number of hydrogen-bond donors (Lipinski definition) is 1. The van der Waals surface area contributed by atoms with Crippen LogP contribution in [0.4, 0.5) is 0 Å². The van der Waals surface area contributed by atoms with Crippen LogP contribution in [-0.2, 0) is 0 Å². The lowest BCUT2D eigenvalue weighted by Crippen LogP contribution is -2.01. The van der Waals surface area contributed by atoms with E-state index in [0.29, 0.717) is 12.0 Å². The molecule has 1 saturated carbocycles. The van der Waals surface area contributed by atoms with E-state index in [9.17, 15) is 0 Å². The van der Waals surface area contributed by atoms with Crippen molar-refractivity contribution in [1.82, 2.24) is 0 Å². The third-order valence-corrected chi connectivity index (χ3v) is 3.98. The van der Waals surface area contributed by atoms with Gasteiger partial charge in [0.25, 0.3) is 0 Å². The van der Waals surface area contributed by atoms with Crippen LogP contribution in [0.1, 0.15) is 29.0 Å². The Morgan fingerprint density at radius 1 is 1.31 bits per heavy atom. The molecule has 0 radical (unpaired) electrons. The summed E-state index contributed by atoms with van der Waals surface area (Å²) in [6.45, 7) is 4.27. The van der Waals surface area contributed by atoms with E-state index in [4.69, 9.17) is 5.73 Å². The highest BCUT2D eigenvalue weighted by molar-refractivity contribution is 9.10. The second-order valence-electron chi connectivity index (χ2n) is 3.97. The van der Waals surface area contributed by atoms with Crippen LogP contribution in [0.5, 0.6) is 0 Å². The standard InChI is InChI=1S/C11H14BrN/c1-6-3-8(9-5-10(9)13)4-7(2)11(6)12/h3-4,9-10H,5,13H2,1-2H3/t9-,10+/m0/s1. The quantitative estimate of drug-likeness (QED) is 0.802. The molecule has 0 spiro atoms. The van der Waals surface area contributed by atoms with Gasteiger partial charge in [0.05, 0.1) is 0 Å². The third-order valence-electron chi connectivity index (χ3n) is 2.73. The number of halogens is 1. The molecule has 2 heteroatoms. The number of hydrogen-bond acceptors (Lipinski definition) is 1. The van der Waals surface area contributed by atoms with Crippen molar-refractivity contribution in [2.75, 3.05) is 0 Å². The second-order valence-corrected chi connectivity index (χ2v) is 4.77. The summed E-state index contributed by atoms with van der Waals surface area (Å²) in [4.78, 5) is 0. The minimum atomic E-state index is 0.403. The van der Waals surface area contributed by atoms with Gasteiger partial charge in [-0.25, -0.2) is 0 Å². The Labute approximate surface area is 87.5 Å². The monoisotopic (exact) mass is 239 g/mol. The molecule has 0 aliphatic heterocycles. The predicted octanol–water partition coefficient (Wildman–Crippen LogP) is 2.88. The Balaban J connectivity index is 2.39. The lowest BCUT2D eigenvalue weighted by Gasteiger charge is -2.06. The molecule has 2 rings (SSSR count). The molecule has 0 heterocycles. The maximum atomic E-state index is 5.82. The van der Waals surface area contributed by atoms with Gasteiger partial charge in [-0.3, -0.25) is 0 Å². The van der Waals surface area contributed by atoms with Gasteiger partial charge in [-0.2, -0.15) is 0 Å². The van der Waals surface area contributed by atoms with Crippen molar-refractivity contribution in [3.05, 3.63) is 33.3 Å². The van der Waals surface area contributed by atoms with Crippen LogP contribution in [0.15, 0.2) is 16.6 Å². The maximum absolute atomic E-state index is 5.82. The van der Waals surface area contributed by atoms with Gasteiger partial charge >= 0.3 is 0 Å². The Hall–Kier alpha value is -0.340. The minimum absolute atomic E-state index is 0.403. The lowest BCUT2D eigenvalue weighted by atomic mass is 10.0. The van der Waals surface area contributed by atoms with Gasteiger partial charge in [-0.15, -0.1) is 0 Å². The molecule has 70 valence electrons. The number of rotatable bonds is 1. The smallest absolute Gasteiger partial charge is 0.0233 e. The van der Waals surface area contributed by atoms with E-state index >= 15 is 0 Å². The van der Waals surface area contributed by atoms with Crippen molar-refractivity contribution in [2.24, 2.45) is 5.73 Å². The van der Waals surface area contributed by atoms with Crippen LogP contribution in [-0.4, -0.2) is 6.04 Å². The summed E-state index contributed by atoms with van der Waals surface area (Å²) in [5, 5.41) is 0. The van der Waals surface area contributed by atoms with Crippen molar-refractivity contribution in [3.63, 3.8) is 0 Å². The fourth-order valence-corrected chi connectivity index (χ4v) is 2.02. The summed E-state index contributed by atoms with van der Waals surface area (Å²) in [5.41, 5.74) is 9.86. The van der Waals surface area contributed by atoms with E-state index in [1.54, 1.807) is 0 Å². The minimum Gasteiger partial charge on any atom is -0.327 e. The van der Waals surface area contributed by atoms with Gasteiger partial charge in [0.15, 0.2) is 0 Å². The number of aryl methyl sites for hydroxylation is 2. The molecule has 1 fully saturated rings. The first-order chi connectivity index (χ1) is 6.09. The highest BCUT2D eigenvalue weighted by Crippen LogP contribution is 2.40. The predicted molar refractivity (Wildman–Crippen MR) is 58.9 cm³/mol. The normalized spacial score (nSPS) is 26.2. The topological polar surface area (TPSA) is 26.0 Å². The van der Waals surface area contributed by atoms with Gasteiger partial charge in [0.1, 0.15) is 0 Å². The molecule has 1 aliphatic carbocycles. The van der Waals surface area contributed by atoms with E-state index in [2.05, 4.69) is 41.9 Å². The van der Waals surface area contributed by atoms with Gasteiger partial charge in [0, 0.05) is 16.4 Å². The van der Waals surface area contributed by atoms with E-state index in [1.807, 2.05) is 0 Å². The maximum Gasteiger partial charge on any atom is 0.0233 e. The van der Waals surface area contributed by atoms with Crippen molar-refractivity contribution in [1.29, 1.82) is 0 Å². The van der Waals surface area contributed by atoms with Crippen LogP contribution < -0.4 is 5.73 Å². The Bertz CT molecular complexity index is 323. The van der Waals surface area contributed by atoms with Crippen molar-refractivity contribution in [3.8, 4) is 0 Å². The van der Waals surface area contributed by atoms with Crippen LogP contribution in [0.25, 0.3) is 0 Å². The Morgan fingerprint density at radius 3 is 2.15 bits per heavy atom. The fraction of sp³-hybridized carbons (Fsp3) is 0.455. The van der Waals surface area contributed by atoms with Crippen molar-refractivity contribution < 1.29 is 0 Å². The van der Waals surface area contributed by atoms with Crippen LogP contribution in [0, 0.1) is 13.8 Å². The first-order valence-corrected chi connectivity index (χ1v) is 5.41. The average molecular weight is 240 g/mol. The average Bonchev–Trinajstić information content (AvgIpc) is 2.77. The zero-order valence-electron chi connectivity index (χ0n) is 7.97. The molecular weight excluding hydrogens is 226 g/mol. The third kappa shape index (κ3) is 1.65. The van der Waals surface area contributed by atoms with Gasteiger partial charge in [0.2, 0.25) is 0 Å². The first kappa shape index (κ1) is 9.22. The lowest BCUT2D eigenvalue weighted by molar-refractivity contribution is 0.985. The van der Waals surface area contributed by atoms with Crippen LogP contribution >= 0.6 is 15.9 Å². The molecule has 1 aromatic rings. The summed E-state index contributed by atoms with van der Waals surface area (Å²) in [5.74, 6) is 0.616. The molecule has 13 heavy (non-hydrogen) atoms. The van der Waals surface area contributed by atoms with Crippen LogP contribution in [0.2, 0.25) is 0 Å². The molecule has 0 aromatic heterocycles. The first-order valence-electron chi connectivity index (χ1n) is 4.62. The molecule has 1 aliphatic rings. The van der Waals surface area contributed by atoms with E-state index < -0.39 is 0 Å². The summed E-state index contributed by atoms with van der Waals surface area (Å²) >= 11 is 3.57. The van der Waals surface area contributed by atoms with Crippen LogP contribution in [0.3, 0.4) is 0 Å². The van der Waals surface area contributed by atoms with Crippen molar-refractivity contribution in [2.45, 2.75) is 32.2 Å². The molecule has 0 saturated heterocycles. The summed E-state index contributed by atoms with van der Waals surface area (Å²) in [7, 11) is 0. The SMILES string of the molecule is Cc1cc([C@@H]2C[C@H]2N)cc(C)c1Br. The molecule has 2 atom stereocenters. The fourth-order valence-electron chi connectivity index (χ4n) is 1.79. The largest absolute Gasteiger partial charge is 0.327 e. The van der Waals surface area contributed by atoms with Gasteiger partial charge < -0.3 is 5.73 Å². The van der Waals surface area contributed by atoms with Crippen molar-refractivity contribution >= 4 is 15.9 Å². The molecule has 0 bridgehead atoms. The summed E-state index contributed by atoms with van der Waals surface area (Å²) in [6.07, 6.45) is 1.15. The van der Waals surface area contributed by atoms with Gasteiger partial charge in [-0.05, 0) is 37.0 Å². The molecular formula is C11H14BrN. The molecule has 1 nitrogen and oxygen atoms in total. The summed E-state index contributed by atoms with van der Waals surface area (Å²) < 4.78 is 1.23. The second kappa shape index (κ2) is 3.10. The highest BCUT2D eigenvalue weighted by Gasteiger charge is 2.35. The molecule has 0 unspecified atom stereocenters.